The second-order valence-electron chi connectivity index (χ2n) is 3.39. The predicted molar refractivity (Wildman–Crippen MR) is 52.8 cm³/mol. The van der Waals surface area contributed by atoms with Gasteiger partial charge in [-0.15, -0.1) is 15.1 Å². The molecule has 1 fully saturated rings. The van der Waals surface area contributed by atoms with Gasteiger partial charge in [0, 0.05) is 20.0 Å². The van der Waals surface area contributed by atoms with Gasteiger partial charge in [-0.3, -0.25) is 0 Å². The second kappa shape index (κ2) is 4.99. The van der Waals surface area contributed by atoms with Gasteiger partial charge in [-0.2, -0.15) is 10.1 Å². The monoisotopic (exact) mass is 227 g/mol. The highest BCUT2D eigenvalue weighted by Gasteiger charge is 2.20. The Labute approximate surface area is 92.1 Å². The third-order valence-corrected chi connectivity index (χ3v) is 2.25. The minimum Gasteiger partial charge on any atom is -0.424 e. The molecule has 1 aromatic heterocycles. The van der Waals surface area contributed by atoms with Crippen LogP contribution >= 0.6 is 0 Å². The Morgan fingerprint density at radius 2 is 2.19 bits per heavy atom. The van der Waals surface area contributed by atoms with E-state index in [1.165, 1.54) is 5.12 Å². The van der Waals surface area contributed by atoms with Crippen molar-refractivity contribution in [2.75, 3.05) is 26.3 Å². The molecule has 0 saturated carbocycles. The van der Waals surface area contributed by atoms with E-state index in [4.69, 9.17) is 9.15 Å². The van der Waals surface area contributed by atoms with Crippen LogP contribution in [0.15, 0.2) is 9.70 Å². The van der Waals surface area contributed by atoms with Gasteiger partial charge >= 0.3 is 0 Å². The standard InChI is InChI=1S/C8H13N5O3/c1-7-9-10-8(16-7)6-13(11-14)12-2-4-15-5-3-12/h2-6H2,1H3. The Balaban J connectivity index is 1.96. The topological polar surface area (TPSA) is 84.1 Å². The summed E-state index contributed by atoms with van der Waals surface area (Å²) in [5.74, 6) is 0.853. The van der Waals surface area contributed by atoms with Crippen molar-refractivity contribution in [2.24, 2.45) is 5.29 Å². The molecule has 0 atom stereocenters. The molecule has 1 aliphatic rings. The van der Waals surface area contributed by atoms with Gasteiger partial charge in [0.05, 0.1) is 18.5 Å². The first kappa shape index (κ1) is 11.0. The van der Waals surface area contributed by atoms with Crippen LogP contribution in [-0.4, -0.2) is 46.6 Å². The van der Waals surface area contributed by atoms with Gasteiger partial charge in [0.25, 0.3) is 0 Å². The third-order valence-electron chi connectivity index (χ3n) is 2.25. The highest BCUT2D eigenvalue weighted by atomic mass is 16.5. The molecule has 0 spiro atoms. The summed E-state index contributed by atoms with van der Waals surface area (Å²) < 4.78 is 10.4. The van der Waals surface area contributed by atoms with Crippen molar-refractivity contribution in [2.45, 2.75) is 13.5 Å². The van der Waals surface area contributed by atoms with Crippen LogP contribution in [0.3, 0.4) is 0 Å². The zero-order valence-corrected chi connectivity index (χ0v) is 9.00. The minimum atomic E-state index is 0.199. The summed E-state index contributed by atoms with van der Waals surface area (Å²) in [6, 6.07) is 0. The van der Waals surface area contributed by atoms with Crippen molar-refractivity contribution in [1.29, 1.82) is 0 Å². The molecule has 1 aromatic rings. The molecule has 1 saturated heterocycles. The number of ether oxygens (including phenoxy) is 1. The number of aryl methyl sites for hydroxylation is 1. The molecule has 88 valence electrons. The Bertz CT molecular complexity index is 349. The van der Waals surface area contributed by atoms with Crippen molar-refractivity contribution in [3.8, 4) is 0 Å². The van der Waals surface area contributed by atoms with Crippen LogP contribution in [0.25, 0.3) is 0 Å². The average Bonchev–Trinajstić information content (AvgIpc) is 2.73. The zero-order valence-electron chi connectivity index (χ0n) is 9.00. The van der Waals surface area contributed by atoms with Gasteiger partial charge in [0.15, 0.2) is 0 Å². The minimum absolute atomic E-state index is 0.199. The quantitative estimate of drug-likeness (QED) is 0.533. The number of morpholine rings is 1. The zero-order chi connectivity index (χ0) is 11.4. The van der Waals surface area contributed by atoms with E-state index < -0.39 is 0 Å². The van der Waals surface area contributed by atoms with Crippen molar-refractivity contribution in [3.05, 3.63) is 16.7 Å². The van der Waals surface area contributed by atoms with Crippen molar-refractivity contribution >= 4 is 0 Å². The summed E-state index contributed by atoms with van der Waals surface area (Å²) in [4.78, 5) is 10.7. The molecule has 16 heavy (non-hydrogen) atoms. The molecule has 0 N–H and O–H groups in total. The largest absolute Gasteiger partial charge is 0.424 e. The molecule has 2 heterocycles. The number of hydrazine groups is 1. The number of hydrogen-bond donors (Lipinski definition) is 0. The molecule has 0 radical (unpaired) electrons. The van der Waals surface area contributed by atoms with Crippen molar-refractivity contribution in [3.63, 3.8) is 0 Å². The lowest BCUT2D eigenvalue weighted by Crippen LogP contribution is -2.45. The lowest BCUT2D eigenvalue weighted by atomic mass is 10.5. The van der Waals surface area contributed by atoms with Gasteiger partial charge < -0.3 is 9.15 Å². The van der Waals surface area contributed by atoms with Crippen LogP contribution in [0.1, 0.15) is 11.8 Å². The maximum Gasteiger partial charge on any atom is 0.239 e. The van der Waals surface area contributed by atoms with Crippen LogP contribution < -0.4 is 0 Å². The van der Waals surface area contributed by atoms with Gasteiger partial charge in [-0.25, -0.2) is 0 Å². The van der Waals surface area contributed by atoms with E-state index in [2.05, 4.69) is 15.5 Å². The van der Waals surface area contributed by atoms with E-state index in [0.29, 0.717) is 38.1 Å². The van der Waals surface area contributed by atoms with Crippen LogP contribution in [0.4, 0.5) is 0 Å². The van der Waals surface area contributed by atoms with Crippen LogP contribution in [0, 0.1) is 11.8 Å². The fraction of sp³-hybridized carbons (Fsp3) is 0.750. The number of nitroso groups, excluding NO2 is 1. The fourth-order valence-electron chi connectivity index (χ4n) is 1.49. The molecule has 0 aliphatic carbocycles. The Morgan fingerprint density at radius 1 is 1.44 bits per heavy atom. The molecule has 0 aromatic carbocycles. The van der Waals surface area contributed by atoms with E-state index in [0.717, 1.165) is 0 Å². The number of rotatable bonds is 4. The maximum absolute atomic E-state index is 10.7. The SMILES string of the molecule is Cc1nnc(CN(N=O)N2CCOCC2)o1. The molecule has 1 aliphatic heterocycles. The molecule has 0 bridgehead atoms. The first-order valence-corrected chi connectivity index (χ1v) is 5.02. The van der Waals surface area contributed by atoms with Crippen LogP contribution in [0.2, 0.25) is 0 Å². The second-order valence-corrected chi connectivity index (χ2v) is 3.39. The highest BCUT2D eigenvalue weighted by Crippen LogP contribution is 2.09. The molecular formula is C8H13N5O3. The fourth-order valence-corrected chi connectivity index (χ4v) is 1.49. The van der Waals surface area contributed by atoms with E-state index in [9.17, 15) is 4.91 Å². The Morgan fingerprint density at radius 3 is 2.75 bits per heavy atom. The van der Waals surface area contributed by atoms with E-state index in [1.807, 2.05) is 0 Å². The van der Waals surface area contributed by atoms with E-state index in [-0.39, 0.29) is 6.54 Å². The van der Waals surface area contributed by atoms with E-state index >= 15 is 0 Å². The van der Waals surface area contributed by atoms with Gasteiger partial charge in [-0.05, 0) is 0 Å². The van der Waals surface area contributed by atoms with Crippen molar-refractivity contribution in [1.82, 2.24) is 20.3 Å². The summed E-state index contributed by atoms with van der Waals surface area (Å²) in [6.45, 7) is 4.36. The Kier molecular flexibility index (Phi) is 3.42. The van der Waals surface area contributed by atoms with Crippen molar-refractivity contribution < 1.29 is 9.15 Å². The van der Waals surface area contributed by atoms with E-state index in [1.54, 1.807) is 11.9 Å². The first-order chi connectivity index (χ1) is 7.79. The predicted octanol–water partition coefficient (Wildman–Crippen LogP) is 0.109. The summed E-state index contributed by atoms with van der Waals surface area (Å²) >= 11 is 0. The van der Waals surface area contributed by atoms with Crippen LogP contribution in [0.5, 0.6) is 0 Å². The number of aromatic nitrogens is 2. The maximum atomic E-state index is 10.7. The molecule has 8 heteroatoms. The number of nitrogens with zero attached hydrogens (tertiary/aromatic N) is 5. The molecule has 0 amide bonds. The number of hydrogen-bond acceptors (Lipinski definition) is 7. The summed E-state index contributed by atoms with van der Waals surface area (Å²) in [6.07, 6.45) is 0. The van der Waals surface area contributed by atoms with Gasteiger partial charge in [0.1, 0.15) is 6.54 Å². The molecule has 2 rings (SSSR count). The molecule has 8 nitrogen and oxygen atoms in total. The lowest BCUT2D eigenvalue weighted by Gasteiger charge is -2.31. The van der Waals surface area contributed by atoms with Gasteiger partial charge in [0.2, 0.25) is 11.8 Å². The molecular weight excluding hydrogens is 214 g/mol. The lowest BCUT2D eigenvalue weighted by molar-refractivity contribution is -0.0992. The van der Waals surface area contributed by atoms with Crippen LogP contribution in [-0.2, 0) is 11.3 Å². The first-order valence-electron chi connectivity index (χ1n) is 5.02. The average molecular weight is 227 g/mol. The van der Waals surface area contributed by atoms with Gasteiger partial charge in [-0.1, -0.05) is 0 Å². The summed E-state index contributed by atoms with van der Waals surface area (Å²) in [5, 5.41) is 13.5. The molecule has 0 unspecified atom stereocenters. The highest BCUT2D eigenvalue weighted by molar-refractivity contribution is 4.78. The summed E-state index contributed by atoms with van der Waals surface area (Å²) in [5.41, 5.74) is 0. The Hall–Kier alpha value is -1.54. The third kappa shape index (κ3) is 2.52. The smallest absolute Gasteiger partial charge is 0.239 e. The summed E-state index contributed by atoms with van der Waals surface area (Å²) in [7, 11) is 0. The normalized spacial score (nSPS) is 17.3.